The molecule has 0 aliphatic rings. The fourth-order valence-corrected chi connectivity index (χ4v) is 3.86. The molecule has 3 aromatic rings. The number of aliphatic hydroxyl groups excluding tert-OH is 5. The van der Waals surface area contributed by atoms with Crippen LogP contribution in [0.3, 0.4) is 0 Å². The molecule has 3 rings (SSSR count). The molecular weight excluding hydrogens is 534 g/mol. The molecule has 1 heterocycles. The molecule has 0 aliphatic carbocycles. The molecule has 2 aromatic carbocycles. The van der Waals surface area contributed by atoms with Gasteiger partial charge in [0.15, 0.2) is 0 Å². The minimum Gasteiger partial charge on any atom is -0.496 e. The Bertz CT molecular complexity index is 1140. The van der Waals surface area contributed by atoms with Crippen molar-refractivity contribution < 1.29 is 35.0 Å². The van der Waals surface area contributed by atoms with Crippen molar-refractivity contribution in [2.75, 3.05) is 26.1 Å². The highest BCUT2D eigenvalue weighted by Gasteiger charge is 2.36. The molecule has 5 atom stereocenters. The minimum absolute atomic E-state index is 0.128. The van der Waals surface area contributed by atoms with Crippen molar-refractivity contribution in [3.05, 3.63) is 51.7 Å². The van der Waals surface area contributed by atoms with Gasteiger partial charge in [-0.05, 0) is 46.3 Å². The molecule has 0 amide bonds. The van der Waals surface area contributed by atoms with Crippen LogP contribution in [-0.2, 0) is 4.74 Å². The summed E-state index contributed by atoms with van der Waals surface area (Å²) in [4.78, 5) is 8.50. The van der Waals surface area contributed by atoms with Crippen LogP contribution in [0.15, 0.2) is 41.1 Å². The van der Waals surface area contributed by atoms with Crippen LogP contribution in [0.1, 0.15) is 11.7 Å². The summed E-state index contributed by atoms with van der Waals surface area (Å²) in [5.41, 5.74) is 1.23. The van der Waals surface area contributed by atoms with Gasteiger partial charge in [0, 0.05) is 28.2 Å². The summed E-state index contributed by atoms with van der Waals surface area (Å²) in [5, 5.41) is 55.3. The van der Waals surface area contributed by atoms with Gasteiger partial charge in [0.1, 0.15) is 48.4 Å². The number of aliphatic hydroxyl groups is 5. The van der Waals surface area contributed by atoms with E-state index < -0.39 is 37.1 Å². The first-order valence-corrected chi connectivity index (χ1v) is 11.3. The third kappa shape index (κ3) is 5.58. The zero-order valence-corrected chi connectivity index (χ0v) is 20.6. The lowest BCUT2D eigenvalue weighted by Crippen LogP contribution is -2.48. The SMILES string of the molecule is COc1cc2c(Nc3ccc(Br)c(Cl)c3)ncnc2cc1C(O)[C@H](O)[C@@H](O)[C@H](O)[C@H](CO)OC. The van der Waals surface area contributed by atoms with E-state index in [-0.39, 0.29) is 11.3 Å². The van der Waals surface area contributed by atoms with Crippen molar-refractivity contribution in [3.8, 4) is 5.75 Å². The quantitative estimate of drug-likeness (QED) is 0.217. The van der Waals surface area contributed by atoms with Gasteiger partial charge in [-0.25, -0.2) is 9.97 Å². The first-order chi connectivity index (χ1) is 16.2. The van der Waals surface area contributed by atoms with E-state index in [1.807, 2.05) is 6.07 Å². The highest BCUT2D eigenvalue weighted by Crippen LogP contribution is 2.36. The van der Waals surface area contributed by atoms with Crippen LogP contribution in [0.25, 0.3) is 10.9 Å². The maximum Gasteiger partial charge on any atom is 0.141 e. The minimum atomic E-state index is -1.82. The molecule has 0 bridgehead atoms. The first kappa shape index (κ1) is 26.5. The molecule has 184 valence electrons. The molecule has 1 unspecified atom stereocenters. The fraction of sp³-hybridized carbons (Fsp3) is 0.364. The smallest absolute Gasteiger partial charge is 0.141 e. The average Bonchev–Trinajstić information content (AvgIpc) is 2.84. The van der Waals surface area contributed by atoms with Gasteiger partial charge in [-0.2, -0.15) is 0 Å². The van der Waals surface area contributed by atoms with Gasteiger partial charge in [-0.15, -0.1) is 0 Å². The number of methoxy groups -OCH3 is 2. The second-order valence-electron chi connectivity index (χ2n) is 7.46. The summed E-state index contributed by atoms with van der Waals surface area (Å²) in [6.45, 7) is -0.590. The van der Waals surface area contributed by atoms with Crippen LogP contribution in [-0.4, -0.2) is 80.7 Å². The molecule has 1 aromatic heterocycles. The van der Waals surface area contributed by atoms with E-state index in [1.54, 1.807) is 18.2 Å². The molecule has 0 saturated heterocycles. The van der Waals surface area contributed by atoms with Crippen LogP contribution in [0.5, 0.6) is 5.75 Å². The molecule has 6 N–H and O–H groups in total. The summed E-state index contributed by atoms with van der Waals surface area (Å²) < 4.78 is 11.0. The first-order valence-electron chi connectivity index (χ1n) is 10.1. The van der Waals surface area contributed by atoms with Gasteiger partial charge in [0.05, 0.1) is 24.3 Å². The average molecular weight is 559 g/mol. The highest BCUT2D eigenvalue weighted by molar-refractivity contribution is 9.10. The Kier molecular flexibility index (Phi) is 9.01. The van der Waals surface area contributed by atoms with Crippen molar-refractivity contribution in [2.24, 2.45) is 0 Å². The molecule has 0 saturated carbocycles. The molecule has 0 radical (unpaired) electrons. The predicted molar refractivity (Wildman–Crippen MR) is 129 cm³/mol. The Morgan fingerprint density at radius 1 is 1.03 bits per heavy atom. The molecule has 34 heavy (non-hydrogen) atoms. The fourth-order valence-electron chi connectivity index (χ4n) is 3.43. The molecule has 10 nitrogen and oxygen atoms in total. The zero-order valence-electron chi connectivity index (χ0n) is 18.3. The Balaban J connectivity index is 1.95. The third-order valence-electron chi connectivity index (χ3n) is 5.37. The second-order valence-corrected chi connectivity index (χ2v) is 8.72. The van der Waals surface area contributed by atoms with Crippen molar-refractivity contribution in [1.82, 2.24) is 9.97 Å². The number of fused-ring (bicyclic) bond motifs is 1. The highest BCUT2D eigenvalue weighted by atomic mass is 79.9. The van der Waals surface area contributed by atoms with Gasteiger partial charge in [-0.3, -0.25) is 0 Å². The Morgan fingerprint density at radius 2 is 1.76 bits per heavy atom. The number of anilines is 2. The zero-order chi connectivity index (χ0) is 25.0. The number of nitrogens with zero attached hydrogens (tertiary/aromatic N) is 2. The maximum atomic E-state index is 10.8. The number of hydrogen-bond acceptors (Lipinski definition) is 10. The number of rotatable bonds is 10. The number of halogens is 2. The summed E-state index contributed by atoms with van der Waals surface area (Å²) in [6, 6.07) is 8.38. The largest absolute Gasteiger partial charge is 0.496 e. The van der Waals surface area contributed by atoms with Crippen LogP contribution >= 0.6 is 27.5 Å². The molecule has 0 fully saturated rings. The number of hydrogen-bond donors (Lipinski definition) is 6. The normalized spacial score (nSPS) is 16.0. The Hall–Kier alpha value is -2.09. The van der Waals surface area contributed by atoms with E-state index in [4.69, 9.17) is 21.1 Å². The van der Waals surface area contributed by atoms with Crippen molar-refractivity contribution >= 4 is 49.9 Å². The van der Waals surface area contributed by atoms with E-state index in [1.165, 1.54) is 26.6 Å². The van der Waals surface area contributed by atoms with Crippen LogP contribution < -0.4 is 10.1 Å². The van der Waals surface area contributed by atoms with Crippen LogP contribution in [0.4, 0.5) is 11.5 Å². The lowest BCUT2D eigenvalue weighted by Gasteiger charge is -2.30. The van der Waals surface area contributed by atoms with Crippen LogP contribution in [0.2, 0.25) is 5.02 Å². The second kappa shape index (κ2) is 11.6. The van der Waals surface area contributed by atoms with Gasteiger partial charge in [-0.1, -0.05) is 11.6 Å². The molecular formula is C22H25BrClN3O7. The predicted octanol–water partition coefficient (Wildman–Crippen LogP) is 1.92. The van der Waals surface area contributed by atoms with Gasteiger partial charge >= 0.3 is 0 Å². The topological polar surface area (TPSA) is 157 Å². The lowest BCUT2D eigenvalue weighted by molar-refractivity contribution is -0.148. The van der Waals surface area contributed by atoms with E-state index in [9.17, 15) is 25.5 Å². The Morgan fingerprint density at radius 3 is 2.38 bits per heavy atom. The number of nitrogens with one attached hydrogen (secondary N) is 1. The van der Waals surface area contributed by atoms with Crippen molar-refractivity contribution in [1.29, 1.82) is 0 Å². The van der Waals surface area contributed by atoms with Gasteiger partial charge in [0.2, 0.25) is 0 Å². The summed E-state index contributed by atoms with van der Waals surface area (Å²) in [6.07, 6.45) is -6.78. The maximum absolute atomic E-state index is 10.8. The van der Waals surface area contributed by atoms with Gasteiger partial charge in [0.25, 0.3) is 0 Å². The molecule has 0 aliphatic heterocycles. The number of aromatic nitrogens is 2. The third-order valence-corrected chi connectivity index (χ3v) is 6.61. The molecule has 0 spiro atoms. The van der Waals surface area contributed by atoms with Gasteiger partial charge < -0.3 is 40.3 Å². The molecule has 12 heteroatoms. The van der Waals surface area contributed by atoms with Crippen molar-refractivity contribution in [3.63, 3.8) is 0 Å². The Labute approximate surface area is 208 Å². The summed E-state index contributed by atoms with van der Waals surface area (Å²) >= 11 is 9.51. The summed E-state index contributed by atoms with van der Waals surface area (Å²) in [5.74, 6) is 0.641. The van der Waals surface area contributed by atoms with E-state index in [2.05, 4.69) is 31.2 Å². The monoisotopic (exact) mass is 557 g/mol. The summed E-state index contributed by atoms with van der Waals surface area (Å²) in [7, 11) is 2.62. The van der Waals surface area contributed by atoms with E-state index in [0.29, 0.717) is 27.4 Å². The van der Waals surface area contributed by atoms with Crippen molar-refractivity contribution in [2.45, 2.75) is 30.5 Å². The number of benzene rings is 2. The van der Waals surface area contributed by atoms with E-state index in [0.717, 1.165) is 4.47 Å². The number of ether oxygens (including phenoxy) is 2. The van der Waals surface area contributed by atoms with Crippen LogP contribution in [0, 0.1) is 0 Å². The van der Waals surface area contributed by atoms with E-state index >= 15 is 0 Å². The standard InChI is InChI=1S/C22H25BrClN3O7/c1-33-16-7-11-15(25-9-26-22(11)27-10-3-4-13(23)14(24)5-10)6-12(16)18(29)20(31)21(32)19(30)17(8-28)34-2/h3-7,9,17-21,28-32H,8H2,1-2H3,(H,25,26,27)/t17-,18?,19+,20-,21-/m0/s1. The lowest BCUT2D eigenvalue weighted by atomic mass is 9.94.